The normalized spacial score (nSPS) is 12.2. The molecule has 2 rings (SSSR count). The van der Waals surface area contributed by atoms with Gasteiger partial charge in [0.2, 0.25) is 0 Å². The first-order valence-corrected chi connectivity index (χ1v) is 30.8. The van der Waals surface area contributed by atoms with Crippen LogP contribution in [0.2, 0.25) is 0 Å². The fraction of sp³-hybridized carbons (Fsp3) is 0.706. The summed E-state index contributed by atoms with van der Waals surface area (Å²) in [5.74, 6) is 7.16. The van der Waals surface area contributed by atoms with E-state index in [2.05, 4.69) is 112 Å². The van der Waals surface area contributed by atoms with Crippen molar-refractivity contribution in [3.8, 4) is 11.8 Å². The average molecular weight is 958 g/mol. The minimum Gasteiger partial charge on any atom is -0.250 e. The van der Waals surface area contributed by atoms with Crippen LogP contribution in [-0.2, 0) is 12.8 Å². The SMILES string of the molecule is CCCCCCC#CC(=Nc1ccccc1CCC/C=C/CCCCCCCCCCCCCCCC)C(CCCC)=Nc1ccccc1CCC/C=C/CCCCCCCCCCCCCCCC. The standard InChI is InChI=1S/C68H112N2/c1-5-9-13-16-19-21-23-25-27-29-31-33-35-37-39-41-43-45-48-55-63-57-51-53-60-65(63)69-67(59-12-8-4)68(62-50-47-18-15-11-7-3)70-66-61-54-52-58-64(66)56-49-46-44-42-40-38-36-34-32-30-28-26-24-22-20-17-14-10-6-2/h41-44,51-54,57-58,60-61H,5-40,45-49,55-56,59H2,1-4H3/b43-41+,44-42+,69-67?,70-68?. The monoisotopic (exact) mass is 957 g/mol. The number of aliphatic imine (C=N–C) groups is 2. The van der Waals surface area contributed by atoms with E-state index in [9.17, 15) is 0 Å². The third-order valence-corrected chi connectivity index (χ3v) is 14.3. The van der Waals surface area contributed by atoms with Gasteiger partial charge in [-0.25, -0.2) is 4.99 Å². The Kier molecular flexibility index (Phi) is 44.4. The first-order chi connectivity index (χ1) is 34.7. The third-order valence-electron chi connectivity index (χ3n) is 14.3. The van der Waals surface area contributed by atoms with Gasteiger partial charge < -0.3 is 0 Å². The Morgan fingerprint density at radius 1 is 0.357 bits per heavy atom. The molecule has 0 aliphatic heterocycles. The zero-order valence-corrected chi connectivity index (χ0v) is 46.9. The summed E-state index contributed by atoms with van der Waals surface area (Å²) in [7, 11) is 0. The van der Waals surface area contributed by atoms with Crippen LogP contribution in [0.25, 0.3) is 0 Å². The molecule has 2 nitrogen and oxygen atoms in total. The molecule has 0 amide bonds. The van der Waals surface area contributed by atoms with Crippen molar-refractivity contribution in [2.24, 2.45) is 9.98 Å². The van der Waals surface area contributed by atoms with Crippen LogP contribution in [0.3, 0.4) is 0 Å². The maximum atomic E-state index is 5.46. The maximum Gasteiger partial charge on any atom is 0.135 e. The molecule has 0 unspecified atom stereocenters. The molecule has 2 aromatic rings. The van der Waals surface area contributed by atoms with Gasteiger partial charge in [-0.15, -0.1) is 0 Å². The Morgan fingerprint density at radius 3 is 1.09 bits per heavy atom. The zero-order chi connectivity index (χ0) is 49.9. The molecule has 2 heteroatoms. The van der Waals surface area contributed by atoms with Crippen molar-refractivity contribution in [3.63, 3.8) is 0 Å². The van der Waals surface area contributed by atoms with E-state index in [1.807, 2.05) is 0 Å². The Hall–Kier alpha value is -3.18. The van der Waals surface area contributed by atoms with Gasteiger partial charge in [-0.1, -0.05) is 287 Å². The molecule has 394 valence electrons. The van der Waals surface area contributed by atoms with Crippen LogP contribution in [0.1, 0.15) is 308 Å². The largest absolute Gasteiger partial charge is 0.250 e. The predicted octanol–water partition coefficient (Wildman–Crippen LogP) is 23.2. The average Bonchev–Trinajstić information content (AvgIpc) is 3.38. The molecular formula is C68H112N2. The zero-order valence-electron chi connectivity index (χ0n) is 46.9. The fourth-order valence-electron chi connectivity index (χ4n) is 9.66. The molecule has 0 saturated carbocycles. The maximum absolute atomic E-state index is 5.46. The number of hydrogen-bond acceptors (Lipinski definition) is 2. The first-order valence-electron chi connectivity index (χ1n) is 30.8. The molecule has 0 aromatic heterocycles. The van der Waals surface area contributed by atoms with E-state index < -0.39 is 0 Å². The van der Waals surface area contributed by atoms with E-state index in [-0.39, 0.29) is 0 Å². The van der Waals surface area contributed by atoms with E-state index in [0.717, 1.165) is 93.4 Å². The topological polar surface area (TPSA) is 24.7 Å². The van der Waals surface area contributed by atoms with Gasteiger partial charge in [0, 0.05) is 6.42 Å². The third kappa shape index (κ3) is 36.7. The quantitative estimate of drug-likeness (QED) is 0.0273. The van der Waals surface area contributed by atoms with Gasteiger partial charge in [-0.3, -0.25) is 4.99 Å². The molecule has 0 heterocycles. The van der Waals surface area contributed by atoms with Crippen molar-refractivity contribution >= 4 is 22.8 Å². The summed E-state index contributed by atoms with van der Waals surface area (Å²) < 4.78 is 0. The minimum absolute atomic E-state index is 0.866. The van der Waals surface area contributed by atoms with Crippen LogP contribution in [-0.4, -0.2) is 11.4 Å². The Balaban J connectivity index is 1.90. The highest BCUT2D eigenvalue weighted by Crippen LogP contribution is 2.26. The van der Waals surface area contributed by atoms with Crippen LogP contribution >= 0.6 is 0 Å². The number of unbranched alkanes of at least 4 members (excludes halogenated alkanes) is 35. The molecule has 2 aromatic carbocycles. The summed E-state index contributed by atoms with van der Waals surface area (Å²) in [6, 6.07) is 17.6. The lowest BCUT2D eigenvalue weighted by molar-refractivity contribution is 0.536. The Labute approximate surface area is 436 Å². The highest BCUT2D eigenvalue weighted by atomic mass is 14.8. The van der Waals surface area contributed by atoms with E-state index in [1.165, 1.54) is 223 Å². The molecule has 70 heavy (non-hydrogen) atoms. The van der Waals surface area contributed by atoms with E-state index in [4.69, 9.17) is 9.98 Å². The molecular weight excluding hydrogens is 845 g/mol. The van der Waals surface area contributed by atoms with Crippen LogP contribution in [0.5, 0.6) is 0 Å². The van der Waals surface area contributed by atoms with Gasteiger partial charge in [0.1, 0.15) is 5.71 Å². The molecule has 0 spiro atoms. The smallest absolute Gasteiger partial charge is 0.135 e. The van der Waals surface area contributed by atoms with Gasteiger partial charge in [0.15, 0.2) is 0 Å². The number of allylic oxidation sites excluding steroid dienone is 4. The van der Waals surface area contributed by atoms with Gasteiger partial charge in [0.05, 0.1) is 17.1 Å². The predicted molar refractivity (Wildman–Crippen MR) is 317 cm³/mol. The van der Waals surface area contributed by atoms with Crippen LogP contribution in [0.15, 0.2) is 82.8 Å². The number of hydrogen-bond donors (Lipinski definition) is 0. The van der Waals surface area contributed by atoms with Gasteiger partial charge in [0.25, 0.3) is 0 Å². The molecule has 0 aliphatic carbocycles. The van der Waals surface area contributed by atoms with Gasteiger partial charge in [-0.2, -0.15) is 0 Å². The molecule has 0 radical (unpaired) electrons. The van der Waals surface area contributed by atoms with Crippen LogP contribution < -0.4 is 0 Å². The van der Waals surface area contributed by atoms with Gasteiger partial charge >= 0.3 is 0 Å². The molecule has 0 bridgehead atoms. The van der Waals surface area contributed by atoms with Crippen molar-refractivity contribution in [3.05, 3.63) is 84.0 Å². The second-order valence-electron chi connectivity index (χ2n) is 21.0. The number of rotatable bonds is 48. The summed E-state index contributed by atoms with van der Waals surface area (Å²) in [5.41, 5.74) is 6.71. The van der Waals surface area contributed by atoms with Crippen LogP contribution in [0.4, 0.5) is 11.4 Å². The summed E-state index contributed by atoms with van der Waals surface area (Å²) in [6.45, 7) is 9.16. The molecule has 0 atom stereocenters. The van der Waals surface area contributed by atoms with Gasteiger partial charge in [-0.05, 0) is 113 Å². The van der Waals surface area contributed by atoms with E-state index >= 15 is 0 Å². The van der Waals surface area contributed by atoms with Crippen molar-refractivity contribution < 1.29 is 0 Å². The van der Waals surface area contributed by atoms with E-state index in [1.54, 1.807) is 0 Å². The van der Waals surface area contributed by atoms with E-state index in [0.29, 0.717) is 0 Å². The number of nitrogens with zero attached hydrogens (tertiary/aromatic N) is 2. The lowest BCUT2D eigenvalue weighted by Crippen LogP contribution is -2.13. The summed E-state index contributed by atoms with van der Waals surface area (Å²) in [5, 5.41) is 0. The Morgan fingerprint density at radius 2 is 0.686 bits per heavy atom. The lowest BCUT2D eigenvalue weighted by atomic mass is 10.0. The number of benzene rings is 2. The molecule has 0 saturated heterocycles. The minimum atomic E-state index is 0.866. The van der Waals surface area contributed by atoms with Crippen molar-refractivity contribution in [1.82, 2.24) is 0 Å². The summed E-state index contributed by atoms with van der Waals surface area (Å²) in [4.78, 5) is 10.9. The van der Waals surface area contributed by atoms with Crippen LogP contribution in [0, 0.1) is 11.8 Å². The Bertz CT molecular complexity index is 1650. The van der Waals surface area contributed by atoms with Crippen molar-refractivity contribution in [2.75, 3.05) is 0 Å². The number of aryl methyl sites for hydroxylation is 2. The molecule has 0 aliphatic rings. The van der Waals surface area contributed by atoms with Crippen molar-refractivity contribution in [1.29, 1.82) is 0 Å². The lowest BCUT2D eigenvalue weighted by Gasteiger charge is -2.11. The second-order valence-corrected chi connectivity index (χ2v) is 21.0. The summed E-state index contributed by atoms with van der Waals surface area (Å²) >= 11 is 0. The molecule has 0 N–H and O–H groups in total. The fourth-order valence-corrected chi connectivity index (χ4v) is 9.66. The first kappa shape index (κ1) is 62.9. The van der Waals surface area contributed by atoms with Crippen molar-refractivity contribution in [2.45, 2.75) is 310 Å². The molecule has 0 fully saturated rings. The second kappa shape index (κ2) is 49.4. The highest BCUT2D eigenvalue weighted by Gasteiger charge is 2.12. The highest BCUT2D eigenvalue weighted by molar-refractivity contribution is 6.49. The summed E-state index contributed by atoms with van der Waals surface area (Å²) in [6.07, 6.45) is 67.5. The number of para-hydroxylation sites is 2.